The minimum Gasteiger partial charge on any atom is -0.462 e. The highest BCUT2D eigenvalue weighted by Crippen LogP contribution is 2.23. The van der Waals surface area contributed by atoms with Crippen LogP contribution < -0.4 is 0 Å². The molecular formula is C25H31BrO4. The molecule has 0 saturated carbocycles. The van der Waals surface area contributed by atoms with Gasteiger partial charge in [-0.15, -0.1) is 0 Å². The third-order valence-corrected chi connectivity index (χ3v) is 5.44. The maximum Gasteiger partial charge on any atom is 0.339 e. The Bertz CT molecular complexity index is 818. The topological polar surface area (TPSA) is 52.6 Å². The van der Waals surface area contributed by atoms with E-state index in [4.69, 9.17) is 9.47 Å². The molecule has 0 N–H and O–H groups in total. The van der Waals surface area contributed by atoms with Gasteiger partial charge in [0.05, 0.1) is 17.7 Å². The molecular weight excluding hydrogens is 444 g/mol. The van der Waals surface area contributed by atoms with Crippen molar-refractivity contribution in [3.63, 3.8) is 0 Å². The van der Waals surface area contributed by atoms with Crippen molar-refractivity contribution in [1.82, 2.24) is 0 Å². The van der Waals surface area contributed by atoms with Crippen molar-refractivity contribution in [3.05, 3.63) is 69.7 Å². The van der Waals surface area contributed by atoms with Crippen molar-refractivity contribution < 1.29 is 19.1 Å². The summed E-state index contributed by atoms with van der Waals surface area (Å²) in [4.78, 5) is 25.2. The van der Waals surface area contributed by atoms with Crippen molar-refractivity contribution in [2.75, 3.05) is 6.61 Å². The zero-order valence-electron chi connectivity index (χ0n) is 17.9. The molecule has 0 radical (unpaired) electrons. The summed E-state index contributed by atoms with van der Waals surface area (Å²) >= 11 is 3.42. The Morgan fingerprint density at radius 3 is 2.17 bits per heavy atom. The van der Waals surface area contributed by atoms with Gasteiger partial charge in [-0.25, -0.2) is 9.59 Å². The molecule has 2 aromatic carbocycles. The number of esters is 2. The first-order valence-corrected chi connectivity index (χ1v) is 11.5. The summed E-state index contributed by atoms with van der Waals surface area (Å²) in [6.45, 7) is 4.38. The van der Waals surface area contributed by atoms with Crippen LogP contribution in [0.25, 0.3) is 0 Å². The highest BCUT2D eigenvalue weighted by atomic mass is 79.9. The van der Waals surface area contributed by atoms with Crippen LogP contribution in [0, 0.1) is 0 Å². The highest BCUT2D eigenvalue weighted by molar-refractivity contribution is 9.10. The van der Waals surface area contributed by atoms with Gasteiger partial charge in [0, 0.05) is 4.47 Å². The largest absolute Gasteiger partial charge is 0.462 e. The Labute approximate surface area is 188 Å². The van der Waals surface area contributed by atoms with Crippen LogP contribution in [0.15, 0.2) is 53.0 Å². The van der Waals surface area contributed by atoms with Gasteiger partial charge in [0.15, 0.2) is 0 Å². The van der Waals surface area contributed by atoms with Gasteiger partial charge in [0.2, 0.25) is 0 Å². The second kappa shape index (κ2) is 13.2. The molecule has 0 heterocycles. The lowest BCUT2D eigenvalue weighted by atomic mass is 10.1. The van der Waals surface area contributed by atoms with Gasteiger partial charge in [-0.1, -0.05) is 85.6 Å². The van der Waals surface area contributed by atoms with Crippen LogP contribution >= 0.6 is 15.9 Å². The average Bonchev–Trinajstić information content (AvgIpc) is 2.75. The van der Waals surface area contributed by atoms with Crippen molar-refractivity contribution in [2.45, 2.75) is 64.9 Å². The van der Waals surface area contributed by atoms with Gasteiger partial charge in [0.1, 0.15) is 6.10 Å². The minimum absolute atomic E-state index is 0.226. The number of hydrogen-bond acceptors (Lipinski definition) is 4. The van der Waals surface area contributed by atoms with Crippen LogP contribution in [0.3, 0.4) is 0 Å². The molecule has 1 unspecified atom stereocenters. The Morgan fingerprint density at radius 2 is 1.50 bits per heavy atom. The van der Waals surface area contributed by atoms with Crippen LogP contribution in [0.2, 0.25) is 0 Å². The zero-order chi connectivity index (χ0) is 21.8. The van der Waals surface area contributed by atoms with Gasteiger partial charge >= 0.3 is 11.9 Å². The summed E-state index contributed by atoms with van der Waals surface area (Å²) in [6.07, 6.45) is 7.62. The standard InChI is InChI=1S/C25H31BrO4/c1-3-4-5-6-7-8-11-17-29-24(27)22-15-9-10-16-23(22)25(28)30-19(2)20-13-12-14-21(26)18-20/h9-10,12-16,18-19H,3-8,11,17H2,1-2H3. The van der Waals surface area contributed by atoms with Crippen molar-refractivity contribution in [3.8, 4) is 0 Å². The van der Waals surface area contributed by atoms with E-state index in [1.54, 1.807) is 31.2 Å². The summed E-state index contributed by atoms with van der Waals surface area (Å²) < 4.78 is 11.9. The highest BCUT2D eigenvalue weighted by Gasteiger charge is 2.21. The van der Waals surface area contributed by atoms with Gasteiger partial charge in [-0.05, 0) is 43.2 Å². The van der Waals surface area contributed by atoms with E-state index in [-0.39, 0.29) is 11.1 Å². The molecule has 0 aliphatic carbocycles. The van der Waals surface area contributed by atoms with Gasteiger partial charge < -0.3 is 9.47 Å². The lowest BCUT2D eigenvalue weighted by Gasteiger charge is -2.15. The number of carbonyl (C=O) groups is 2. The van der Waals surface area contributed by atoms with Crippen LogP contribution in [-0.2, 0) is 9.47 Å². The lowest BCUT2D eigenvalue weighted by molar-refractivity contribution is 0.0324. The molecule has 2 aromatic rings. The van der Waals surface area contributed by atoms with Crippen molar-refractivity contribution >= 4 is 27.9 Å². The van der Waals surface area contributed by atoms with E-state index in [1.165, 1.54) is 25.7 Å². The Morgan fingerprint density at radius 1 is 0.867 bits per heavy atom. The van der Waals surface area contributed by atoms with E-state index >= 15 is 0 Å². The van der Waals surface area contributed by atoms with Gasteiger partial charge in [-0.2, -0.15) is 0 Å². The fourth-order valence-electron chi connectivity index (χ4n) is 3.19. The van der Waals surface area contributed by atoms with Crippen LogP contribution in [0.5, 0.6) is 0 Å². The number of halogens is 1. The molecule has 2 rings (SSSR count). The molecule has 0 aliphatic heterocycles. The molecule has 0 aromatic heterocycles. The second-order valence-electron chi connectivity index (χ2n) is 7.41. The summed E-state index contributed by atoms with van der Waals surface area (Å²) in [6, 6.07) is 14.2. The van der Waals surface area contributed by atoms with E-state index < -0.39 is 18.0 Å². The molecule has 4 nitrogen and oxygen atoms in total. The van der Waals surface area contributed by atoms with Gasteiger partial charge in [0.25, 0.3) is 0 Å². The predicted molar refractivity (Wildman–Crippen MR) is 123 cm³/mol. The minimum atomic E-state index is -0.536. The number of carbonyl (C=O) groups excluding carboxylic acids is 2. The molecule has 0 fully saturated rings. The second-order valence-corrected chi connectivity index (χ2v) is 8.32. The summed E-state index contributed by atoms with van der Waals surface area (Å²) in [5.41, 5.74) is 1.34. The molecule has 1 atom stereocenters. The van der Waals surface area contributed by atoms with E-state index in [2.05, 4.69) is 22.9 Å². The van der Waals surface area contributed by atoms with Crippen molar-refractivity contribution in [1.29, 1.82) is 0 Å². The lowest BCUT2D eigenvalue weighted by Crippen LogP contribution is -2.16. The average molecular weight is 475 g/mol. The number of benzene rings is 2. The zero-order valence-corrected chi connectivity index (χ0v) is 19.4. The fraction of sp³-hybridized carbons (Fsp3) is 0.440. The Balaban J connectivity index is 1.88. The quantitative estimate of drug-likeness (QED) is 0.239. The summed E-state index contributed by atoms with van der Waals surface area (Å²) in [7, 11) is 0. The first kappa shape index (κ1) is 24.1. The van der Waals surface area contributed by atoms with Crippen LogP contribution in [-0.4, -0.2) is 18.5 Å². The first-order chi connectivity index (χ1) is 14.5. The Kier molecular flexibility index (Phi) is 10.6. The molecule has 0 bridgehead atoms. The maximum absolute atomic E-state index is 12.7. The van der Waals surface area contributed by atoms with E-state index in [9.17, 15) is 9.59 Å². The molecule has 0 aliphatic rings. The molecule has 162 valence electrons. The normalized spacial score (nSPS) is 11.7. The number of rotatable bonds is 12. The maximum atomic E-state index is 12.7. The predicted octanol–water partition coefficient (Wildman–Crippen LogP) is 7.27. The van der Waals surface area contributed by atoms with E-state index in [0.717, 1.165) is 29.3 Å². The molecule has 0 amide bonds. The van der Waals surface area contributed by atoms with E-state index in [0.29, 0.717) is 6.61 Å². The van der Waals surface area contributed by atoms with Crippen LogP contribution in [0.4, 0.5) is 0 Å². The molecule has 0 saturated heterocycles. The fourth-order valence-corrected chi connectivity index (χ4v) is 3.61. The van der Waals surface area contributed by atoms with Crippen molar-refractivity contribution in [2.24, 2.45) is 0 Å². The summed E-state index contributed by atoms with van der Waals surface area (Å²) in [5, 5.41) is 0. The third kappa shape index (κ3) is 7.94. The SMILES string of the molecule is CCCCCCCCCOC(=O)c1ccccc1C(=O)OC(C)c1cccc(Br)c1. The number of unbranched alkanes of at least 4 members (excludes halogenated alkanes) is 6. The molecule has 0 spiro atoms. The van der Waals surface area contributed by atoms with Crippen LogP contribution in [0.1, 0.15) is 91.2 Å². The number of ether oxygens (including phenoxy) is 2. The number of hydrogen-bond donors (Lipinski definition) is 0. The third-order valence-electron chi connectivity index (χ3n) is 4.95. The van der Waals surface area contributed by atoms with Gasteiger partial charge in [-0.3, -0.25) is 0 Å². The van der Waals surface area contributed by atoms with E-state index in [1.807, 2.05) is 24.3 Å². The smallest absolute Gasteiger partial charge is 0.339 e. The molecule has 30 heavy (non-hydrogen) atoms. The monoisotopic (exact) mass is 474 g/mol. The molecule has 5 heteroatoms. The summed E-state index contributed by atoms with van der Waals surface area (Å²) in [5.74, 6) is -1.02. The first-order valence-electron chi connectivity index (χ1n) is 10.8. The Hall–Kier alpha value is -2.14.